The molecule has 0 aliphatic rings. The first-order valence-electron chi connectivity index (χ1n) is 7.78. The Hall–Kier alpha value is -1.35. The van der Waals surface area contributed by atoms with Crippen LogP contribution in [0.5, 0.6) is 0 Å². The minimum absolute atomic E-state index is 0.167. The maximum Gasteiger partial charge on any atom is 0.220 e. The molecule has 1 aromatic carbocycles. The Balaban J connectivity index is 2.66. The summed E-state index contributed by atoms with van der Waals surface area (Å²) >= 11 is 0. The third-order valence-electron chi connectivity index (χ3n) is 3.69. The van der Waals surface area contributed by atoms with E-state index >= 15 is 0 Å². The molecule has 1 amide bonds. The molecule has 1 atom stereocenters. The molecule has 1 N–H and O–H groups in total. The van der Waals surface area contributed by atoms with E-state index in [0.717, 1.165) is 25.9 Å². The number of nitrogens with zero attached hydrogens (tertiary/aromatic N) is 1. The molecule has 1 unspecified atom stereocenters. The van der Waals surface area contributed by atoms with Gasteiger partial charge >= 0.3 is 0 Å². The first-order chi connectivity index (χ1) is 9.72. The van der Waals surface area contributed by atoms with Crippen molar-refractivity contribution < 1.29 is 4.79 Å². The third kappa shape index (κ3) is 5.33. The van der Waals surface area contributed by atoms with E-state index in [-0.39, 0.29) is 11.9 Å². The molecule has 0 spiro atoms. The highest BCUT2D eigenvalue weighted by atomic mass is 16.1. The van der Waals surface area contributed by atoms with Gasteiger partial charge in [0.1, 0.15) is 0 Å². The van der Waals surface area contributed by atoms with Crippen molar-refractivity contribution in [3.05, 3.63) is 35.9 Å². The Morgan fingerprint density at radius 3 is 2.35 bits per heavy atom. The predicted octanol–water partition coefficient (Wildman–Crippen LogP) is 3.38. The molecule has 20 heavy (non-hydrogen) atoms. The van der Waals surface area contributed by atoms with E-state index in [1.165, 1.54) is 5.56 Å². The van der Waals surface area contributed by atoms with Gasteiger partial charge in [-0.15, -0.1) is 0 Å². The summed E-state index contributed by atoms with van der Waals surface area (Å²) in [6.45, 7) is 9.10. The molecule has 3 nitrogen and oxygen atoms in total. The van der Waals surface area contributed by atoms with Crippen molar-refractivity contribution in [2.24, 2.45) is 0 Å². The molecule has 0 heterocycles. The molecule has 0 bridgehead atoms. The second kappa shape index (κ2) is 9.54. The predicted molar refractivity (Wildman–Crippen MR) is 84.6 cm³/mol. The average molecular weight is 276 g/mol. The number of rotatable bonds is 9. The Kier molecular flexibility index (Phi) is 7.97. The summed E-state index contributed by atoms with van der Waals surface area (Å²) in [5.41, 5.74) is 1.27. The fraction of sp³-hybridized carbons (Fsp3) is 0.588. The lowest BCUT2D eigenvalue weighted by Crippen LogP contribution is -2.38. The quantitative estimate of drug-likeness (QED) is 0.750. The lowest BCUT2D eigenvalue weighted by atomic mass is 10.0. The van der Waals surface area contributed by atoms with Gasteiger partial charge in [0.05, 0.1) is 6.04 Å². The number of carbonyl (C=O) groups is 1. The maximum absolute atomic E-state index is 11.8. The number of benzene rings is 1. The second-order valence-corrected chi connectivity index (χ2v) is 5.06. The minimum Gasteiger partial charge on any atom is -0.354 e. The normalized spacial score (nSPS) is 12.4. The summed E-state index contributed by atoms with van der Waals surface area (Å²) in [6, 6.07) is 10.7. The van der Waals surface area contributed by atoms with Gasteiger partial charge in [-0.3, -0.25) is 9.69 Å². The van der Waals surface area contributed by atoms with Gasteiger partial charge < -0.3 is 5.32 Å². The van der Waals surface area contributed by atoms with Gasteiger partial charge in [-0.05, 0) is 25.1 Å². The molecule has 0 radical (unpaired) electrons. The number of carbonyl (C=O) groups excluding carboxylic acids is 1. The highest BCUT2D eigenvalue weighted by molar-refractivity contribution is 5.75. The van der Waals surface area contributed by atoms with E-state index in [4.69, 9.17) is 0 Å². The molecule has 1 aromatic rings. The second-order valence-electron chi connectivity index (χ2n) is 5.06. The van der Waals surface area contributed by atoms with Crippen molar-refractivity contribution in [1.82, 2.24) is 10.2 Å². The van der Waals surface area contributed by atoms with Gasteiger partial charge in [0.2, 0.25) is 5.91 Å². The van der Waals surface area contributed by atoms with Crippen LogP contribution in [0.4, 0.5) is 0 Å². The molecular weight excluding hydrogens is 248 g/mol. The summed E-state index contributed by atoms with van der Waals surface area (Å²) in [5, 5.41) is 3.08. The van der Waals surface area contributed by atoms with Crippen LogP contribution in [0.1, 0.15) is 51.6 Å². The molecule has 112 valence electrons. The van der Waals surface area contributed by atoms with E-state index in [1.54, 1.807) is 0 Å². The van der Waals surface area contributed by atoms with Crippen LogP contribution < -0.4 is 5.32 Å². The smallest absolute Gasteiger partial charge is 0.220 e. The van der Waals surface area contributed by atoms with Crippen molar-refractivity contribution >= 4 is 5.91 Å². The van der Waals surface area contributed by atoms with Gasteiger partial charge in [0.15, 0.2) is 0 Å². The van der Waals surface area contributed by atoms with E-state index in [9.17, 15) is 4.79 Å². The van der Waals surface area contributed by atoms with Crippen LogP contribution in [-0.4, -0.2) is 30.4 Å². The van der Waals surface area contributed by atoms with Crippen LogP contribution >= 0.6 is 0 Å². The molecule has 1 rings (SSSR count). The Morgan fingerprint density at radius 2 is 1.80 bits per heavy atom. The molecule has 3 heteroatoms. The fourth-order valence-electron chi connectivity index (χ4n) is 2.43. The minimum atomic E-state index is 0.167. The average Bonchev–Trinajstić information content (AvgIpc) is 2.50. The lowest BCUT2D eigenvalue weighted by molar-refractivity contribution is -0.121. The molecule has 0 saturated heterocycles. The number of hydrogen-bond donors (Lipinski definition) is 1. The Bertz CT molecular complexity index is 374. The van der Waals surface area contributed by atoms with Gasteiger partial charge in [-0.2, -0.15) is 0 Å². The van der Waals surface area contributed by atoms with Gasteiger partial charge in [-0.25, -0.2) is 0 Å². The molecule has 0 fully saturated rings. The van der Waals surface area contributed by atoms with Crippen molar-refractivity contribution in [1.29, 1.82) is 0 Å². The molecule has 0 aliphatic heterocycles. The number of nitrogens with one attached hydrogen (secondary N) is 1. The Morgan fingerprint density at radius 1 is 1.15 bits per heavy atom. The summed E-state index contributed by atoms with van der Waals surface area (Å²) in [4.78, 5) is 14.2. The highest BCUT2D eigenvalue weighted by Gasteiger charge is 2.18. The van der Waals surface area contributed by atoms with Crippen molar-refractivity contribution in [2.45, 2.75) is 46.1 Å². The van der Waals surface area contributed by atoms with E-state index in [1.807, 2.05) is 6.07 Å². The van der Waals surface area contributed by atoms with Crippen LogP contribution in [0.3, 0.4) is 0 Å². The van der Waals surface area contributed by atoms with Crippen LogP contribution in [0.15, 0.2) is 30.3 Å². The van der Waals surface area contributed by atoms with Crippen molar-refractivity contribution in [3.8, 4) is 0 Å². The summed E-state index contributed by atoms with van der Waals surface area (Å²) in [5.74, 6) is 0.167. The number of unbranched alkanes of at least 4 members (excludes halogenated alkanes) is 1. The van der Waals surface area contributed by atoms with E-state index in [2.05, 4.69) is 55.3 Å². The van der Waals surface area contributed by atoms with Crippen molar-refractivity contribution in [2.75, 3.05) is 19.6 Å². The van der Waals surface area contributed by atoms with Crippen LogP contribution in [0, 0.1) is 0 Å². The van der Waals surface area contributed by atoms with Gasteiger partial charge in [0.25, 0.3) is 0 Å². The van der Waals surface area contributed by atoms with E-state index < -0.39 is 0 Å². The van der Waals surface area contributed by atoms with E-state index in [0.29, 0.717) is 13.0 Å². The SMILES string of the molecule is CCCCC(=O)NCC(c1ccccc1)N(CC)CC. The zero-order valence-electron chi connectivity index (χ0n) is 13.1. The highest BCUT2D eigenvalue weighted by Crippen LogP contribution is 2.19. The number of hydrogen-bond acceptors (Lipinski definition) is 2. The molecule has 0 saturated carbocycles. The monoisotopic (exact) mass is 276 g/mol. The summed E-state index contributed by atoms with van der Waals surface area (Å²) < 4.78 is 0. The third-order valence-corrected chi connectivity index (χ3v) is 3.69. The molecule has 0 aromatic heterocycles. The largest absolute Gasteiger partial charge is 0.354 e. The van der Waals surface area contributed by atoms with Crippen LogP contribution in [0.2, 0.25) is 0 Å². The first-order valence-corrected chi connectivity index (χ1v) is 7.78. The zero-order valence-corrected chi connectivity index (χ0v) is 13.1. The number of amides is 1. The first kappa shape index (κ1) is 16.7. The zero-order chi connectivity index (χ0) is 14.8. The maximum atomic E-state index is 11.8. The molecule has 0 aliphatic carbocycles. The summed E-state index contributed by atoms with van der Waals surface area (Å²) in [7, 11) is 0. The van der Waals surface area contributed by atoms with Gasteiger partial charge in [-0.1, -0.05) is 57.5 Å². The lowest BCUT2D eigenvalue weighted by Gasteiger charge is -2.30. The molecular formula is C17H28N2O. The standard InChI is InChI=1S/C17H28N2O/c1-4-7-13-17(20)18-14-16(19(5-2)6-3)15-11-9-8-10-12-15/h8-12,16H,4-7,13-14H2,1-3H3,(H,18,20). The van der Waals surface area contributed by atoms with Gasteiger partial charge in [0, 0.05) is 13.0 Å². The van der Waals surface area contributed by atoms with Crippen molar-refractivity contribution in [3.63, 3.8) is 0 Å². The van der Waals surface area contributed by atoms with Crippen LogP contribution in [0.25, 0.3) is 0 Å². The number of likely N-dealkylation sites (N-methyl/N-ethyl adjacent to an activating group) is 1. The fourth-order valence-corrected chi connectivity index (χ4v) is 2.43. The van der Waals surface area contributed by atoms with Crippen LogP contribution in [-0.2, 0) is 4.79 Å². The Labute approximate surface area is 123 Å². The topological polar surface area (TPSA) is 32.3 Å². The summed E-state index contributed by atoms with van der Waals surface area (Å²) in [6.07, 6.45) is 2.66.